The van der Waals surface area contributed by atoms with E-state index in [-0.39, 0.29) is 5.91 Å². The highest BCUT2D eigenvalue weighted by Gasteiger charge is 2.18. The topological polar surface area (TPSA) is 69.3 Å². The molecule has 0 aliphatic rings. The average molecular weight is 387 g/mol. The first kappa shape index (κ1) is 18.6. The van der Waals surface area contributed by atoms with Crippen LogP contribution in [0.25, 0.3) is 16.9 Å². The lowest BCUT2D eigenvalue weighted by Crippen LogP contribution is -2.25. The smallest absolute Gasteiger partial charge is 0.270 e. The molecule has 0 unspecified atom stereocenters. The summed E-state index contributed by atoms with van der Waals surface area (Å²) in [5.74, 6) is 1.19. The van der Waals surface area contributed by atoms with Crippen molar-refractivity contribution in [2.24, 2.45) is 0 Å². The van der Waals surface area contributed by atoms with Crippen LogP contribution in [0, 0.1) is 6.92 Å². The molecule has 2 heterocycles. The minimum atomic E-state index is -0.232. The number of amides is 1. The first-order valence-corrected chi connectivity index (χ1v) is 9.26. The summed E-state index contributed by atoms with van der Waals surface area (Å²) in [6.45, 7) is 2.31. The third-order valence-electron chi connectivity index (χ3n) is 4.56. The van der Waals surface area contributed by atoms with Crippen LogP contribution in [0.3, 0.4) is 0 Å². The molecule has 0 fully saturated rings. The molecule has 1 N–H and O–H groups in total. The predicted octanol–water partition coefficient (Wildman–Crippen LogP) is 4.38. The third-order valence-corrected chi connectivity index (χ3v) is 4.56. The second-order valence-electron chi connectivity index (χ2n) is 6.66. The fourth-order valence-electron chi connectivity index (χ4n) is 3.09. The van der Waals surface area contributed by atoms with Crippen molar-refractivity contribution >= 4 is 5.91 Å². The Hall–Kier alpha value is -3.80. The lowest BCUT2D eigenvalue weighted by molar-refractivity contribution is 0.0940. The van der Waals surface area contributed by atoms with Crippen LogP contribution in [0.1, 0.15) is 21.8 Å². The van der Waals surface area contributed by atoms with Gasteiger partial charge in [0.2, 0.25) is 0 Å². The number of nitrogens with one attached hydrogen (secondary N) is 1. The molecule has 2 aromatic carbocycles. The molecule has 0 bridgehead atoms. The number of methoxy groups -OCH3 is 1. The fourth-order valence-corrected chi connectivity index (χ4v) is 3.09. The minimum absolute atomic E-state index is 0.232. The maximum absolute atomic E-state index is 12.9. The Labute approximate surface area is 168 Å². The van der Waals surface area contributed by atoms with Crippen molar-refractivity contribution in [3.05, 3.63) is 90.0 Å². The SMILES string of the molecule is COc1cccc(-c2cc(C(=O)NCc3ccco3)n(-c3cccc(C)c3)n2)c1. The van der Waals surface area contributed by atoms with Gasteiger partial charge in [-0.25, -0.2) is 4.68 Å². The van der Waals surface area contributed by atoms with Gasteiger partial charge in [0.1, 0.15) is 17.2 Å². The summed E-state index contributed by atoms with van der Waals surface area (Å²) in [5, 5.41) is 7.61. The van der Waals surface area contributed by atoms with E-state index in [2.05, 4.69) is 5.32 Å². The summed E-state index contributed by atoms with van der Waals surface area (Å²) in [6.07, 6.45) is 1.58. The molecule has 0 saturated heterocycles. The van der Waals surface area contributed by atoms with E-state index < -0.39 is 0 Å². The van der Waals surface area contributed by atoms with E-state index >= 15 is 0 Å². The molecule has 0 spiro atoms. The lowest BCUT2D eigenvalue weighted by Gasteiger charge is -2.08. The Bertz CT molecular complexity index is 1130. The van der Waals surface area contributed by atoms with Crippen molar-refractivity contribution in [2.45, 2.75) is 13.5 Å². The largest absolute Gasteiger partial charge is 0.497 e. The van der Waals surface area contributed by atoms with E-state index in [1.807, 2.05) is 61.5 Å². The highest BCUT2D eigenvalue weighted by atomic mass is 16.5. The van der Waals surface area contributed by atoms with Gasteiger partial charge in [-0.3, -0.25) is 4.79 Å². The Balaban J connectivity index is 1.73. The van der Waals surface area contributed by atoms with Crippen molar-refractivity contribution < 1.29 is 13.9 Å². The van der Waals surface area contributed by atoms with Crippen LogP contribution in [-0.2, 0) is 6.54 Å². The number of benzene rings is 2. The van der Waals surface area contributed by atoms with E-state index in [4.69, 9.17) is 14.3 Å². The molecule has 6 heteroatoms. The second-order valence-corrected chi connectivity index (χ2v) is 6.66. The Morgan fingerprint density at radius 3 is 2.72 bits per heavy atom. The van der Waals surface area contributed by atoms with Gasteiger partial charge >= 0.3 is 0 Å². The molecule has 0 aliphatic heterocycles. The molecule has 2 aromatic heterocycles. The monoisotopic (exact) mass is 387 g/mol. The molecule has 4 rings (SSSR count). The maximum atomic E-state index is 12.9. The molecule has 0 aliphatic carbocycles. The molecule has 29 heavy (non-hydrogen) atoms. The van der Waals surface area contributed by atoms with Crippen LogP contribution >= 0.6 is 0 Å². The van der Waals surface area contributed by atoms with Crippen molar-refractivity contribution in [3.63, 3.8) is 0 Å². The van der Waals surface area contributed by atoms with Crippen molar-refractivity contribution in [1.82, 2.24) is 15.1 Å². The van der Waals surface area contributed by atoms with Gasteiger partial charge in [0, 0.05) is 5.56 Å². The van der Waals surface area contributed by atoms with Crippen molar-refractivity contribution in [1.29, 1.82) is 0 Å². The Kier molecular flexibility index (Phi) is 5.16. The molecule has 6 nitrogen and oxygen atoms in total. The van der Waals surface area contributed by atoms with E-state index in [1.165, 1.54) is 0 Å². The average Bonchev–Trinajstić information content (AvgIpc) is 3.42. The molecule has 0 radical (unpaired) electrons. The van der Waals surface area contributed by atoms with Crippen LogP contribution < -0.4 is 10.1 Å². The minimum Gasteiger partial charge on any atom is -0.497 e. The van der Waals surface area contributed by atoms with E-state index in [9.17, 15) is 4.79 Å². The molecule has 146 valence electrons. The van der Waals surface area contributed by atoms with Gasteiger partial charge in [-0.05, 0) is 55.0 Å². The third kappa shape index (κ3) is 4.06. The number of nitrogens with zero attached hydrogens (tertiary/aromatic N) is 2. The number of carbonyl (C=O) groups is 1. The number of rotatable bonds is 6. The molecule has 0 atom stereocenters. The van der Waals surface area contributed by atoms with E-state index in [1.54, 1.807) is 30.2 Å². The lowest BCUT2D eigenvalue weighted by atomic mass is 10.1. The summed E-state index contributed by atoms with van der Waals surface area (Å²) >= 11 is 0. The normalized spacial score (nSPS) is 10.7. The van der Waals surface area contributed by atoms with Crippen LogP contribution in [0.4, 0.5) is 0 Å². The van der Waals surface area contributed by atoms with Crippen molar-refractivity contribution in [2.75, 3.05) is 7.11 Å². The molecular weight excluding hydrogens is 366 g/mol. The fraction of sp³-hybridized carbons (Fsp3) is 0.130. The number of carbonyl (C=O) groups excluding carboxylic acids is 1. The summed E-state index contributed by atoms with van der Waals surface area (Å²) < 4.78 is 12.3. The summed E-state index contributed by atoms with van der Waals surface area (Å²) in [6, 6.07) is 20.9. The van der Waals surface area contributed by atoms with Crippen LogP contribution in [0.5, 0.6) is 5.75 Å². The predicted molar refractivity (Wildman–Crippen MR) is 110 cm³/mol. The number of ether oxygens (including phenoxy) is 1. The summed E-state index contributed by atoms with van der Waals surface area (Å²) in [4.78, 5) is 12.9. The van der Waals surface area contributed by atoms with Gasteiger partial charge < -0.3 is 14.5 Å². The van der Waals surface area contributed by atoms with Gasteiger partial charge in [0.15, 0.2) is 0 Å². The summed E-state index contributed by atoms with van der Waals surface area (Å²) in [7, 11) is 1.62. The second kappa shape index (κ2) is 8.06. The molecular formula is C23H21N3O3. The number of aromatic nitrogens is 2. The standard InChI is InChI=1S/C23H21N3O3/c1-16-6-3-8-18(12-16)26-22(23(27)24-15-20-10-5-11-29-20)14-21(25-26)17-7-4-9-19(13-17)28-2/h3-14H,15H2,1-2H3,(H,24,27). The first-order valence-electron chi connectivity index (χ1n) is 9.26. The molecule has 0 saturated carbocycles. The van der Waals surface area contributed by atoms with Crippen LogP contribution in [-0.4, -0.2) is 22.8 Å². The molecule has 1 amide bonds. The van der Waals surface area contributed by atoms with Crippen molar-refractivity contribution in [3.8, 4) is 22.7 Å². The van der Waals surface area contributed by atoms with Gasteiger partial charge in [-0.1, -0.05) is 24.3 Å². The maximum Gasteiger partial charge on any atom is 0.270 e. The van der Waals surface area contributed by atoms with E-state index in [0.717, 1.165) is 22.6 Å². The zero-order valence-corrected chi connectivity index (χ0v) is 16.3. The van der Waals surface area contributed by atoms with Gasteiger partial charge in [0.25, 0.3) is 5.91 Å². The highest BCUT2D eigenvalue weighted by molar-refractivity contribution is 5.94. The number of hydrogen-bond acceptors (Lipinski definition) is 4. The number of furan rings is 1. The van der Waals surface area contributed by atoms with Crippen LogP contribution in [0.15, 0.2) is 77.4 Å². The number of aryl methyl sites for hydroxylation is 1. The van der Waals surface area contributed by atoms with Gasteiger partial charge in [-0.15, -0.1) is 0 Å². The first-order chi connectivity index (χ1) is 14.1. The zero-order chi connectivity index (χ0) is 20.2. The Morgan fingerprint density at radius 1 is 1.10 bits per heavy atom. The molecule has 4 aromatic rings. The van der Waals surface area contributed by atoms with Gasteiger partial charge in [0.05, 0.1) is 31.3 Å². The summed E-state index contributed by atoms with van der Waals surface area (Å²) in [5.41, 5.74) is 3.91. The van der Waals surface area contributed by atoms with Gasteiger partial charge in [-0.2, -0.15) is 5.10 Å². The number of hydrogen-bond donors (Lipinski definition) is 1. The van der Waals surface area contributed by atoms with Crippen LogP contribution in [0.2, 0.25) is 0 Å². The quantitative estimate of drug-likeness (QED) is 0.533. The Morgan fingerprint density at radius 2 is 1.97 bits per heavy atom. The zero-order valence-electron chi connectivity index (χ0n) is 16.3. The van der Waals surface area contributed by atoms with E-state index in [0.29, 0.717) is 23.7 Å². The highest BCUT2D eigenvalue weighted by Crippen LogP contribution is 2.25.